The Bertz CT molecular complexity index is 404. The summed E-state index contributed by atoms with van der Waals surface area (Å²) in [6, 6.07) is 6.06. The van der Waals surface area contributed by atoms with Gasteiger partial charge in [0.1, 0.15) is 11.8 Å². The second-order valence-electron chi connectivity index (χ2n) is 4.47. The smallest absolute Gasteiger partial charge is 0.320 e. The number of carboxylic acids is 1. The van der Waals surface area contributed by atoms with Crippen LogP contribution in [0.5, 0.6) is 5.75 Å². The van der Waals surface area contributed by atoms with E-state index in [0.29, 0.717) is 12.2 Å². The van der Waals surface area contributed by atoms with Gasteiger partial charge in [0.25, 0.3) is 0 Å². The van der Waals surface area contributed by atoms with Gasteiger partial charge in [-0.05, 0) is 31.0 Å². The lowest BCUT2D eigenvalue weighted by Crippen LogP contribution is -2.44. The van der Waals surface area contributed by atoms with Crippen molar-refractivity contribution in [2.75, 3.05) is 7.11 Å². The average Bonchev–Trinajstić information content (AvgIpc) is 2.43. The molecule has 0 saturated heterocycles. The van der Waals surface area contributed by atoms with Crippen molar-refractivity contribution < 1.29 is 19.7 Å². The summed E-state index contributed by atoms with van der Waals surface area (Å²) in [6.07, 6.45) is -0.297. The summed E-state index contributed by atoms with van der Waals surface area (Å²) in [4.78, 5) is 10.9. The highest BCUT2D eigenvalue weighted by Gasteiger charge is 2.22. The van der Waals surface area contributed by atoms with Crippen molar-refractivity contribution >= 4 is 5.97 Å². The average molecular weight is 267 g/mol. The Morgan fingerprint density at radius 2 is 1.95 bits per heavy atom. The van der Waals surface area contributed by atoms with Crippen LogP contribution in [0.3, 0.4) is 0 Å². The van der Waals surface area contributed by atoms with Crippen LogP contribution in [-0.4, -0.2) is 35.4 Å². The Hall–Kier alpha value is -1.59. The third kappa shape index (κ3) is 4.22. The first-order valence-corrected chi connectivity index (χ1v) is 6.30. The fraction of sp³-hybridized carbons (Fsp3) is 0.500. The van der Waals surface area contributed by atoms with E-state index in [1.54, 1.807) is 45.2 Å². The molecular formula is C14H21NO4. The largest absolute Gasteiger partial charge is 0.497 e. The molecule has 0 aliphatic heterocycles. The van der Waals surface area contributed by atoms with Crippen LogP contribution in [0.15, 0.2) is 24.3 Å². The van der Waals surface area contributed by atoms with Gasteiger partial charge in [0, 0.05) is 6.04 Å². The number of carbonyl (C=O) groups is 1. The molecule has 0 saturated carbocycles. The molecule has 0 radical (unpaired) electrons. The number of hydrogen-bond acceptors (Lipinski definition) is 4. The van der Waals surface area contributed by atoms with Gasteiger partial charge in [0.05, 0.1) is 13.2 Å². The van der Waals surface area contributed by atoms with E-state index in [1.165, 1.54) is 0 Å². The van der Waals surface area contributed by atoms with E-state index in [9.17, 15) is 9.90 Å². The summed E-state index contributed by atoms with van der Waals surface area (Å²) >= 11 is 0. The van der Waals surface area contributed by atoms with Gasteiger partial charge in [-0.3, -0.25) is 10.1 Å². The predicted molar refractivity (Wildman–Crippen MR) is 72.3 cm³/mol. The lowest BCUT2D eigenvalue weighted by Gasteiger charge is -2.24. The first-order chi connectivity index (χ1) is 8.99. The van der Waals surface area contributed by atoms with Gasteiger partial charge < -0.3 is 14.9 Å². The van der Waals surface area contributed by atoms with Crippen molar-refractivity contribution in [2.24, 2.45) is 0 Å². The highest BCUT2D eigenvalue weighted by Crippen LogP contribution is 2.20. The third-order valence-electron chi connectivity index (χ3n) is 3.10. The number of aliphatic hydroxyl groups excluding tert-OH is 1. The minimum atomic E-state index is -0.906. The zero-order valence-electron chi connectivity index (χ0n) is 11.5. The number of methoxy groups -OCH3 is 1. The number of aliphatic hydroxyl groups is 1. The van der Waals surface area contributed by atoms with Gasteiger partial charge >= 0.3 is 5.97 Å². The van der Waals surface area contributed by atoms with Gasteiger partial charge in [-0.15, -0.1) is 0 Å². The monoisotopic (exact) mass is 267 g/mol. The Morgan fingerprint density at radius 1 is 1.37 bits per heavy atom. The second-order valence-corrected chi connectivity index (χ2v) is 4.47. The van der Waals surface area contributed by atoms with E-state index >= 15 is 0 Å². The molecule has 3 N–H and O–H groups in total. The van der Waals surface area contributed by atoms with Crippen LogP contribution in [0.25, 0.3) is 0 Å². The Balaban J connectivity index is 2.69. The maximum absolute atomic E-state index is 10.9. The van der Waals surface area contributed by atoms with E-state index in [4.69, 9.17) is 9.84 Å². The van der Waals surface area contributed by atoms with E-state index in [0.717, 1.165) is 5.56 Å². The zero-order chi connectivity index (χ0) is 14.4. The summed E-state index contributed by atoms with van der Waals surface area (Å²) in [5, 5.41) is 22.1. The molecule has 1 aromatic carbocycles. The number of ether oxygens (including phenoxy) is 1. The Kier molecular flexibility index (Phi) is 5.79. The van der Waals surface area contributed by atoms with Crippen LogP contribution in [0.1, 0.15) is 31.9 Å². The summed E-state index contributed by atoms with van der Waals surface area (Å²) in [7, 11) is 1.58. The molecule has 0 amide bonds. The molecule has 0 bridgehead atoms. The minimum Gasteiger partial charge on any atom is -0.497 e. The molecule has 5 nitrogen and oxygen atoms in total. The van der Waals surface area contributed by atoms with Crippen LogP contribution in [0.2, 0.25) is 0 Å². The highest BCUT2D eigenvalue weighted by molar-refractivity contribution is 5.73. The van der Waals surface area contributed by atoms with Gasteiger partial charge in [-0.1, -0.05) is 19.1 Å². The lowest BCUT2D eigenvalue weighted by atomic mass is 10.0. The topological polar surface area (TPSA) is 78.8 Å². The molecule has 19 heavy (non-hydrogen) atoms. The van der Waals surface area contributed by atoms with Gasteiger partial charge in [-0.25, -0.2) is 0 Å². The Labute approximate surface area is 113 Å². The normalized spacial score (nSPS) is 15.6. The van der Waals surface area contributed by atoms with Crippen molar-refractivity contribution in [3.63, 3.8) is 0 Å². The van der Waals surface area contributed by atoms with Crippen molar-refractivity contribution in [1.29, 1.82) is 0 Å². The molecule has 0 spiro atoms. The molecule has 0 aliphatic rings. The molecule has 0 aromatic heterocycles. The molecule has 0 aliphatic carbocycles. The number of nitrogens with one attached hydrogen (secondary N) is 1. The molecule has 0 heterocycles. The maximum atomic E-state index is 10.9. The van der Waals surface area contributed by atoms with E-state index in [2.05, 4.69) is 5.32 Å². The van der Waals surface area contributed by atoms with Crippen molar-refractivity contribution in [2.45, 2.75) is 38.5 Å². The minimum absolute atomic E-state index is 0.352. The summed E-state index contributed by atoms with van der Waals surface area (Å²) < 4.78 is 5.05. The summed E-state index contributed by atoms with van der Waals surface area (Å²) in [5.41, 5.74) is 0.723. The van der Waals surface area contributed by atoms with Gasteiger partial charge in [0.2, 0.25) is 0 Å². The SMILES string of the molecule is CCC(NC(C)C(O)c1ccc(OC)cc1)C(=O)O. The van der Waals surface area contributed by atoms with E-state index < -0.39 is 18.1 Å². The fourth-order valence-electron chi connectivity index (χ4n) is 1.86. The maximum Gasteiger partial charge on any atom is 0.320 e. The van der Waals surface area contributed by atoms with Crippen LogP contribution in [-0.2, 0) is 4.79 Å². The number of carboxylic acid groups (broad SMARTS) is 1. The molecule has 5 heteroatoms. The summed E-state index contributed by atoms with van der Waals surface area (Å²) in [6.45, 7) is 3.55. The molecule has 3 unspecified atom stereocenters. The highest BCUT2D eigenvalue weighted by atomic mass is 16.5. The van der Waals surface area contributed by atoms with Crippen LogP contribution in [0, 0.1) is 0 Å². The standard InChI is InChI=1S/C14H21NO4/c1-4-12(14(17)18)15-9(2)13(16)10-5-7-11(19-3)8-6-10/h5-9,12-13,15-16H,4H2,1-3H3,(H,17,18). The van der Waals surface area contributed by atoms with Crippen molar-refractivity contribution in [3.8, 4) is 5.75 Å². The van der Waals surface area contributed by atoms with Crippen LogP contribution in [0.4, 0.5) is 0 Å². The fourth-order valence-corrected chi connectivity index (χ4v) is 1.86. The van der Waals surface area contributed by atoms with Crippen molar-refractivity contribution in [3.05, 3.63) is 29.8 Å². The molecule has 106 valence electrons. The lowest BCUT2D eigenvalue weighted by molar-refractivity contribution is -0.140. The van der Waals surface area contributed by atoms with Crippen LogP contribution >= 0.6 is 0 Å². The number of aliphatic carboxylic acids is 1. The molecule has 1 aromatic rings. The number of rotatable bonds is 7. The summed E-state index contributed by atoms with van der Waals surface area (Å²) in [5.74, 6) is -0.190. The van der Waals surface area contributed by atoms with Gasteiger partial charge in [0.15, 0.2) is 0 Å². The molecular weight excluding hydrogens is 246 g/mol. The van der Waals surface area contributed by atoms with Gasteiger partial charge in [-0.2, -0.15) is 0 Å². The molecule has 1 rings (SSSR count). The quantitative estimate of drug-likeness (QED) is 0.699. The first-order valence-electron chi connectivity index (χ1n) is 6.30. The Morgan fingerprint density at radius 3 is 2.37 bits per heavy atom. The molecule has 0 fully saturated rings. The molecule has 3 atom stereocenters. The van der Waals surface area contributed by atoms with E-state index in [1.807, 2.05) is 0 Å². The second kappa shape index (κ2) is 7.11. The zero-order valence-corrected chi connectivity index (χ0v) is 11.5. The third-order valence-corrected chi connectivity index (χ3v) is 3.10. The first kappa shape index (κ1) is 15.5. The number of benzene rings is 1. The van der Waals surface area contributed by atoms with Crippen molar-refractivity contribution in [1.82, 2.24) is 5.32 Å². The predicted octanol–water partition coefficient (Wildman–Crippen LogP) is 1.57. The number of hydrogen-bond donors (Lipinski definition) is 3. The van der Waals surface area contributed by atoms with Crippen LogP contribution < -0.4 is 10.1 Å². The van der Waals surface area contributed by atoms with E-state index in [-0.39, 0.29) is 6.04 Å².